The van der Waals surface area contributed by atoms with Gasteiger partial charge in [-0.15, -0.1) is 0 Å². The van der Waals surface area contributed by atoms with Gasteiger partial charge in [0.2, 0.25) is 5.91 Å². The fourth-order valence-electron chi connectivity index (χ4n) is 4.20. The zero-order chi connectivity index (χ0) is 29.8. The molecule has 0 N–H and O–H groups in total. The number of hydrogen-bond donors (Lipinski definition) is 0. The number of piperazine rings is 1. The van der Waals surface area contributed by atoms with Crippen LogP contribution < -0.4 is 14.4 Å². The lowest BCUT2D eigenvalue weighted by atomic mass is 10.0. The SMILES string of the molecule is C=CC(=O)Oc1cccc(F)c1-c1c(Cl)cc2c(N3CCN(C(=O)C=C)CC3)nc(OCC(=O)N(C)C)nc2c1F. The Kier molecular flexibility index (Phi) is 8.82. The van der Waals surface area contributed by atoms with Crippen molar-refractivity contribution in [3.63, 3.8) is 0 Å². The highest BCUT2D eigenvalue weighted by atomic mass is 35.5. The third kappa shape index (κ3) is 6.12. The van der Waals surface area contributed by atoms with Crippen LogP contribution in [0.5, 0.6) is 11.8 Å². The molecule has 0 atom stereocenters. The first-order valence-corrected chi connectivity index (χ1v) is 12.8. The minimum atomic E-state index is -1.03. The summed E-state index contributed by atoms with van der Waals surface area (Å²) in [6.07, 6.45) is 2.11. The molecule has 1 aromatic heterocycles. The largest absolute Gasteiger partial charge is 0.453 e. The second-order valence-electron chi connectivity index (χ2n) is 9.10. The van der Waals surface area contributed by atoms with Crippen molar-refractivity contribution in [2.75, 3.05) is 51.8 Å². The maximum atomic E-state index is 16.3. The summed E-state index contributed by atoms with van der Waals surface area (Å²) in [7, 11) is 3.09. The number of halogens is 3. The van der Waals surface area contributed by atoms with Gasteiger partial charge in [-0.3, -0.25) is 9.59 Å². The Morgan fingerprint density at radius 2 is 1.78 bits per heavy atom. The Morgan fingerprint density at radius 3 is 2.41 bits per heavy atom. The molecule has 214 valence electrons. The monoisotopic (exact) mass is 585 g/mol. The van der Waals surface area contributed by atoms with Crippen LogP contribution in [-0.2, 0) is 14.4 Å². The van der Waals surface area contributed by atoms with Gasteiger partial charge < -0.3 is 24.2 Å². The number of aromatic nitrogens is 2. The summed E-state index contributed by atoms with van der Waals surface area (Å²) in [5.41, 5.74) is -1.06. The molecule has 3 aromatic rings. The van der Waals surface area contributed by atoms with E-state index < -0.39 is 35.3 Å². The highest BCUT2D eigenvalue weighted by molar-refractivity contribution is 6.34. The van der Waals surface area contributed by atoms with Crippen LogP contribution in [0.4, 0.5) is 14.6 Å². The number of esters is 1. The molecule has 0 spiro atoms. The summed E-state index contributed by atoms with van der Waals surface area (Å²) >= 11 is 6.54. The van der Waals surface area contributed by atoms with Crippen molar-refractivity contribution in [1.82, 2.24) is 19.8 Å². The first-order valence-electron chi connectivity index (χ1n) is 12.4. The molecule has 1 saturated heterocycles. The fraction of sp³-hybridized carbons (Fsp3) is 0.250. The summed E-state index contributed by atoms with van der Waals surface area (Å²) in [5.74, 6) is -3.45. The van der Waals surface area contributed by atoms with E-state index in [4.69, 9.17) is 21.1 Å². The van der Waals surface area contributed by atoms with Crippen LogP contribution in [-0.4, -0.2) is 84.4 Å². The van der Waals surface area contributed by atoms with Crippen molar-refractivity contribution in [2.24, 2.45) is 0 Å². The maximum Gasteiger partial charge on any atom is 0.335 e. The van der Waals surface area contributed by atoms with E-state index in [9.17, 15) is 14.4 Å². The molecule has 1 fully saturated rings. The number of carbonyl (C=O) groups is 3. The molecule has 0 radical (unpaired) electrons. The minimum absolute atomic E-state index is 0.187. The van der Waals surface area contributed by atoms with Crippen LogP contribution in [0.15, 0.2) is 49.6 Å². The minimum Gasteiger partial charge on any atom is -0.453 e. The van der Waals surface area contributed by atoms with E-state index in [0.717, 1.165) is 12.1 Å². The van der Waals surface area contributed by atoms with Gasteiger partial charge in [0.25, 0.3) is 5.91 Å². The van der Waals surface area contributed by atoms with E-state index in [-0.39, 0.29) is 45.3 Å². The molecule has 1 aliphatic rings. The molecule has 2 amide bonds. The van der Waals surface area contributed by atoms with E-state index in [1.165, 1.54) is 29.2 Å². The third-order valence-electron chi connectivity index (χ3n) is 6.33. The zero-order valence-electron chi connectivity index (χ0n) is 22.3. The molecule has 13 heteroatoms. The summed E-state index contributed by atoms with van der Waals surface area (Å²) in [6.45, 7) is 7.76. The van der Waals surface area contributed by atoms with Crippen LogP contribution in [0.1, 0.15) is 0 Å². The Morgan fingerprint density at radius 1 is 1.07 bits per heavy atom. The maximum absolute atomic E-state index is 16.3. The fourth-order valence-corrected chi connectivity index (χ4v) is 4.49. The van der Waals surface area contributed by atoms with Gasteiger partial charge in [0.15, 0.2) is 12.4 Å². The van der Waals surface area contributed by atoms with Gasteiger partial charge in [0.05, 0.1) is 10.6 Å². The van der Waals surface area contributed by atoms with E-state index in [0.29, 0.717) is 26.2 Å². The Labute approximate surface area is 239 Å². The summed E-state index contributed by atoms with van der Waals surface area (Å²) < 4.78 is 42.1. The first-order chi connectivity index (χ1) is 19.5. The molecule has 10 nitrogen and oxygen atoms in total. The lowest BCUT2D eigenvalue weighted by molar-refractivity contribution is -0.131. The molecule has 0 aliphatic carbocycles. The predicted molar refractivity (Wildman–Crippen MR) is 149 cm³/mol. The molecular weight excluding hydrogens is 560 g/mol. The van der Waals surface area contributed by atoms with Gasteiger partial charge >= 0.3 is 12.0 Å². The standard InChI is InChI=1S/C28H26ClF2N5O5/c1-5-20(37)35-10-12-36(13-11-35)27-16-14-17(29)23(24-18(30)8-7-9-19(24)41-22(39)6-2)25(31)26(16)32-28(33-27)40-15-21(38)34(3)4/h5-9,14H,1-2,10-13,15H2,3-4H3. The lowest BCUT2D eigenvalue weighted by Gasteiger charge is -2.35. The third-order valence-corrected chi connectivity index (χ3v) is 6.63. The number of nitrogens with zero attached hydrogens (tertiary/aromatic N) is 5. The predicted octanol–water partition coefficient (Wildman–Crippen LogP) is 3.62. The van der Waals surface area contributed by atoms with Gasteiger partial charge in [-0.25, -0.2) is 13.6 Å². The number of ether oxygens (including phenoxy) is 2. The molecule has 4 rings (SSSR count). The highest BCUT2D eigenvalue weighted by Gasteiger charge is 2.28. The molecule has 2 aromatic carbocycles. The molecule has 0 bridgehead atoms. The van der Waals surface area contributed by atoms with Crippen molar-refractivity contribution < 1.29 is 32.6 Å². The number of benzene rings is 2. The molecule has 0 unspecified atom stereocenters. The number of likely N-dealkylation sites (N-methyl/N-ethyl adjacent to an activating group) is 1. The number of rotatable bonds is 8. The normalized spacial score (nSPS) is 13.1. The average molecular weight is 586 g/mol. The molecule has 1 aliphatic heterocycles. The van der Waals surface area contributed by atoms with Gasteiger partial charge in [-0.1, -0.05) is 30.8 Å². The molecular formula is C28H26ClF2N5O5. The smallest absolute Gasteiger partial charge is 0.335 e. The second kappa shape index (κ2) is 12.3. The number of anilines is 1. The van der Waals surface area contributed by atoms with Crippen LogP contribution in [0.3, 0.4) is 0 Å². The average Bonchev–Trinajstić information content (AvgIpc) is 2.96. The van der Waals surface area contributed by atoms with Gasteiger partial charge in [-0.05, 0) is 24.3 Å². The Balaban J connectivity index is 1.88. The van der Waals surface area contributed by atoms with E-state index in [1.807, 2.05) is 0 Å². The van der Waals surface area contributed by atoms with Crippen LogP contribution >= 0.6 is 11.6 Å². The summed E-state index contributed by atoms with van der Waals surface area (Å²) in [5, 5.41) is -0.00946. The van der Waals surface area contributed by atoms with Gasteiger partial charge in [0, 0.05) is 57.3 Å². The quantitative estimate of drug-likeness (QED) is 0.224. The number of hydrogen-bond acceptors (Lipinski definition) is 8. The second-order valence-corrected chi connectivity index (χ2v) is 9.51. The van der Waals surface area contributed by atoms with Crippen molar-refractivity contribution in [3.05, 3.63) is 66.2 Å². The van der Waals surface area contributed by atoms with Crippen LogP contribution in [0, 0.1) is 11.6 Å². The van der Waals surface area contributed by atoms with Gasteiger partial charge in [-0.2, -0.15) is 9.97 Å². The lowest BCUT2D eigenvalue weighted by Crippen LogP contribution is -2.48. The molecule has 2 heterocycles. The summed E-state index contributed by atoms with van der Waals surface area (Å²) in [4.78, 5) is 49.4. The van der Waals surface area contributed by atoms with E-state index in [2.05, 4.69) is 23.1 Å². The van der Waals surface area contributed by atoms with Crippen molar-refractivity contribution in [3.8, 4) is 22.9 Å². The topological polar surface area (TPSA) is 105 Å². The van der Waals surface area contributed by atoms with Crippen LogP contribution in [0.25, 0.3) is 22.0 Å². The van der Waals surface area contributed by atoms with E-state index in [1.54, 1.807) is 23.9 Å². The number of fused-ring (bicyclic) bond motifs is 1. The van der Waals surface area contributed by atoms with Gasteiger partial charge in [0.1, 0.15) is 22.9 Å². The summed E-state index contributed by atoms with van der Waals surface area (Å²) in [6, 6.07) is 4.73. The van der Waals surface area contributed by atoms with E-state index >= 15 is 8.78 Å². The van der Waals surface area contributed by atoms with Crippen molar-refractivity contribution in [1.29, 1.82) is 0 Å². The number of amides is 2. The van der Waals surface area contributed by atoms with Crippen molar-refractivity contribution in [2.45, 2.75) is 0 Å². The Hall–Kier alpha value is -4.58. The molecule has 41 heavy (non-hydrogen) atoms. The van der Waals surface area contributed by atoms with Crippen LogP contribution in [0.2, 0.25) is 5.02 Å². The Bertz CT molecular complexity index is 1560. The molecule has 0 saturated carbocycles. The van der Waals surface area contributed by atoms with Crippen molar-refractivity contribution >= 4 is 46.1 Å². The highest BCUT2D eigenvalue weighted by Crippen LogP contribution is 2.43. The number of carbonyl (C=O) groups excluding carboxylic acids is 3. The first kappa shape index (κ1) is 29.4. The zero-order valence-corrected chi connectivity index (χ0v) is 23.1.